The molecule has 1 fully saturated rings. The van der Waals surface area contributed by atoms with Gasteiger partial charge in [-0.15, -0.1) is 0 Å². The predicted octanol–water partition coefficient (Wildman–Crippen LogP) is 2.91. The SMILES string of the molecule is c1cc2c(cc1-c1noc(C3CCCCO3)n1)CCO2. The smallest absolute Gasteiger partial charge is 0.256 e. The van der Waals surface area contributed by atoms with Crippen molar-refractivity contribution in [2.24, 2.45) is 0 Å². The highest BCUT2D eigenvalue weighted by molar-refractivity contribution is 5.59. The molecule has 1 aromatic heterocycles. The lowest BCUT2D eigenvalue weighted by atomic mass is 10.1. The van der Waals surface area contributed by atoms with Gasteiger partial charge in [-0.3, -0.25) is 0 Å². The van der Waals surface area contributed by atoms with Crippen LogP contribution in [0.4, 0.5) is 0 Å². The van der Waals surface area contributed by atoms with Gasteiger partial charge in [0.25, 0.3) is 5.89 Å². The van der Waals surface area contributed by atoms with Crippen molar-refractivity contribution < 1.29 is 14.0 Å². The molecule has 0 bridgehead atoms. The first kappa shape index (κ1) is 11.9. The first-order valence-corrected chi connectivity index (χ1v) is 7.11. The van der Waals surface area contributed by atoms with Crippen molar-refractivity contribution in [3.05, 3.63) is 29.7 Å². The molecule has 1 atom stereocenters. The van der Waals surface area contributed by atoms with Crippen molar-refractivity contribution in [3.63, 3.8) is 0 Å². The molecule has 1 saturated heterocycles. The summed E-state index contributed by atoms with van der Waals surface area (Å²) in [5.74, 6) is 2.19. The fourth-order valence-corrected chi connectivity index (χ4v) is 2.74. The summed E-state index contributed by atoms with van der Waals surface area (Å²) in [6.07, 6.45) is 4.13. The normalized spacial score (nSPS) is 21.5. The Balaban J connectivity index is 1.61. The van der Waals surface area contributed by atoms with E-state index in [-0.39, 0.29) is 6.10 Å². The van der Waals surface area contributed by atoms with Crippen LogP contribution >= 0.6 is 0 Å². The Labute approximate surface area is 116 Å². The molecule has 2 aliphatic rings. The number of aromatic nitrogens is 2. The third kappa shape index (κ3) is 2.08. The number of benzene rings is 1. The maximum absolute atomic E-state index is 5.67. The number of hydrogen-bond acceptors (Lipinski definition) is 5. The average molecular weight is 272 g/mol. The summed E-state index contributed by atoms with van der Waals surface area (Å²) in [5.41, 5.74) is 2.18. The molecule has 20 heavy (non-hydrogen) atoms. The monoisotopic (exact) mass is 272 g/mol. The Hall–Kier alpha value is -1.88. The van der Waals surface area contributed by atoms with Crippen LogP contribution in [0.1, 0.15) is 36.8 Å². The predicted molar refractivity (Wildman–Crippen MR) is 71.5 cm³/mol. The summed E-state index contributed by atoms with van der Waals surface area (Å²) >= 11 is 0. The highest BCUT2D eigenvalue weighted by Crippen LogP contribution is 2.31. The fourth-order valence-electron chi connectivity index (χ4n) is 2.74. The third-order valence-corrected chi connectivity index (χ3v) is 3.84. The number of ether oxygens (including phenoxy) is 2. The molecule has 2 aromatic rings. The molecule has 5 heteroatoms. The van der Waals surface area contributed by atoms with E-state index in [0.717, 1.165) is 50.2 Å². The van der Waals surface area contributed by atoms with Crippen LogP contribution < -0.4 is 4.74 Å². The Morgan fingerprint density at radius 1 is 1.15 bits per heavy atom. The van der Waals surface area contributed by atoms with Gasteiger partial charge < -0.3 is 14.0 Å². The van der Waals surface area contributed by atoms with Gasteiger partial charge in [0.15, 0.2) is 0 Å². The van der Waals surface area contributed by atoms with Crippen molar-refractivity contribution >= 4 is 0 Å². The van der Waals surface area contributed by atoms with Gasteiger partial charge in [-0.05, 0) is 43.0 Å². The molecule has 5 nitrogen and oxygen atoms in total. The van der Waals surface area contributed by atoms with Crippen LogP contribution in [-0.4, -0.2) is 23.4 Å². The quantitative estimate of drug-likeness (QED) is 0.841. The van der Waals surface area contributed by atoms with Gasteiger partial charge in [0.1, 0.15) is 11.9 Å². The molecule has 0 N–H and O–H groups in total. The maximum Gasteiger partial charge on any atom is 0.256 e. The van der Waals surface area contributed by atoms with Crippen LogP contribution in [0.5, 0.6) is 5.75 Å². The molecule has 4 rings (SSSR count). The lowest BCUT2D eigenvalue weighted by Gasteiger charge is -2.18. The molecule has 0 amide bonds. The molecule has 1 aromatic carbocycles. The lowest BCUT2D eigenvalue weighted by Crippen LogP contribution is -2.11. The molecule has 0 radical (unpaired) electrons. The summed E-state index contributed by atoms with van der Waals surface area (Å²) in [5, 5.41) is 4.08. The second-order valence-corrected chi connectivity index (χ2v) is 5.23. The van der Waals surface area contributed by atoms with Crippen LogP contribution in [0.3, 0.4) is 0 Å². The molecule has 2 aliphatic heterocycles. The van der Waals surface area contributed by atoms with Crippen molar-refractivity contribution in [3.8, 4) is 17.1 Å². The van der Waals surface area contributed by atoms with E-state index in [1.165, 1.54) is 5.56 Å². The van der Waals surface area contributed by atoms with E-state index < -0.39 is 0 Å². The standard InChI is InChI=1S/C15H16N2O3/c1-2-7-18-13(3-1)15-16-14(17-20-15)11-4-5-12-10(9-11)6-8-19-12/h4-5,9,13H,1-3,6-8H2. The van der Waals surface area contributed by atoms with E-state index in [2.05, 4.69) is 16.2 Å². The van der Waals surface area contributed by atoms with Crippen molar-refractivity contribution in [1.29, 1.82) is 0 Å². The Morgan fingerprint density at radius 3 is 3.05 bits per heavy atom. The largest absolute Gasteiger partial charge is 0.493 e. The Bertz CT molecular complexity index is 617. The van der Waals surface area contributed by atoms with E-state index in [4.69, 9.17) is 14.0 Å². The highest BCUT2D eigenvalue weighted by atomic mass is 16.5. The lowest BCUT2D eigenvalue weighted by molar-refractivity contribution is -0.00459. The molecule has 0 aliphatic carbocycles. The summed E-state index contributed by atoms with van der Waals surface area (Å²) in [6, 6.07) is 6.03. The molecule has 104 valence electrons. The minimum Gasteiger partial charge on any atom is -0.493 e. The summed E-state index contributed by atoms with van der Waals surface area (Å²) in [6.45, 7) is 1.53. The number of nitrogens with zero attached hydrogens (tertiary/aromatic N) is 2. The molecular weight excluding hydrogens is 256 g/mol. The van der Waals surface area contributed by atoms with E-state index in [1.54, 1.807) is 0 Å². The van der Waals surface area contributed by atoms with Gasteiger partial charge in [0.05, 0.1) is 6.61 Å². The fraction of sp³-hybridized carbons (Fsp3) is 0.467. The van der Waals surface area contributed by atoms with Crippen LogP contribution in [0.15, 0.2) is 22.7 Å². The van der Waals surface area contributed by atoms with Gasteiger partial charge >= 0.3 is 0 Å². The summed E-state index contributed by atoms with van der Waals surface area (Å²) in [4.78, 5) is 4.49. The van der Waals surface area contributed by atoms with Crippen LogP contribution in [0.2, 0.25) is 0 Å². The maximum atomic E-state index is 5.67. The van der Waals surface area contributed by atoms with E-state index in [9.17, 15) is 0 Å². The third-order valence-electron chi connectivity index (χ3n) is 3.84. The highest BCUT2D eigenvalue weighted by Gasteiger charge is 2.23. The second-order valence-electron chi connectivity index (χ2n) is 5.23. The Morgan fingerprint density at radius 2 is 2.15 bits per heavy atom. The zero-order chi connectivity index (χ0) is 13.4. The molecule has 3 heterocycles. The summed E-state index contributed by atoms with van der Waals surface area (Å²) < 4.78 is 16.5. The van der Waals surface area contributed by atoms with Gasteiger partial charge in [0.2, 0.25) is 5.82 Å². The number of rotatable bonds is 2. The number of hydrogen-bond donors (Lipinski definition) is 0. The first-order valence-electron chi connectivity index (χ1n) is 7.11. The van der Waals surface area contributed by atoms with Crippen molar-refractivity contribution in [1.82, 2.24) is 10.1 Å². The van der Waals surface area contributed by atoms with Gasteiger partial charge in [-0.2, -0.15) is 4.98 Å². The van der Waals surface area contributed by atoms with Crippen molar-refractivity contribution in [2.45, 2.75) is 31.8 Å². The molecule has 1 unspecified atom stereocenters. The second kappa shape index (κ2) is 4.90. The van der Waals surface area contributed by atoms with E-state index in [0.29, 0.717) is 11.7 Å². The van der Waals surface area contributed by atoms with Crippen LogP contribution in [0.25, 0.3) is 11.4 Å². The van der Waals surface area contributed by atoms with E-state index >= 15 is 0 Å². The van der Waals surface area contributed by atoms with Crippen LogP contribution in [-0.2, 0) is 11.2 Å². The number of fused-ring (bicyclic) bond motifs is 1. The average Bonchev–Trinajstić information content (AvgIpc) is 3.16. The van der Waals surface area contributed by atoms with Crippen molar-refractivity contribution in [2.75, 3.05) is 13.2 Å². The van der Waals surface area contributed by atoms with Gasteiger partial charge in [-0.25, -0.2) is 0 Å². The first-order chi connectivity index (χ1) is 9.90. The van der Waals surface area contributed by atoms with E-state index in [1.807, 2.05) is 12.1 Å². The topological polar surface area (TPSA) is 57.4 Å². The minimum absolute atomic E-state index is 0.0391. The molecule has 0 spiro atoms. The Kier molecular flexibility index (Phi) is 2.92. The zero-order valence-corrected chi connectivity index (χ0v) is 11.2. The molecular formula is C15H16N2O3. The van der Waals surface area contributed by atoms with Gasteiger partial charge in [0, 0.05) is 18.6 Å². The zero-order valence-electron chi connectivity index (χ0n) is 11.2. The summed E-state index contributed by atoms with van der Waals surface area (Å²) in [7, 11) is 0. The van der Waals surface area contributed by atoms with Gasteiger partial charge in [-0.1, -0.05) is 5.16 Å². The minimum atomic E-state index is -0.0391. The van der Waals surface area contributed by atoms with Crippen LogP contribution in [0, 0.1) is 0 Å². The molecule has 0 saturated carbocycles.